The zero-order valence-corrected chi connectivity index (χ0v) is 20.3. The number of nitrogens with two attached hydrogens (primary N) is 1. The van der Waals surface area contributed by atoms with Crippen molar-refractivity contribution in [3.63, 3.8) is 0 Å². The maximum Gasteiger partial charge on any atom is 0.128 e. The molecule has 2 aromatic heterocycles. The molecule has 2 atom stereocenters. The number of methoxy groups -OCH3 is 2. The topological polar surface area (TPSA) is 82.0 Å². The molecule has 172 valence electrons. The van der Waals surface area contributed by atoms with Gasteiger partial charge in [-0.15, -0.1) is 11.8 Å². The number of aliphatic hydroxyl groups is 1. The van der Waals surface area contributed by atoms with Gasteiger partial charge in [-0.1, -0.05) is 25.0 Å². The molecule has 1 aliphatic carbocycles. The van der Waals surface area contributed by atoms with Crippen molar-refractivity contribution in [1.29, 1.82) is 0 Å². The fourth-order valence-electron chi connectivity index (χ4n) is 4.75. The van der Waals surface area contributed by atoms with Gasteiger partial charge in [-0.3, -0.25) is 0 Å². The van der Waals surface area contributed by atoms with Crippen LogP contribution in [0.3, 0.4) is 0 Å². The lowest BCUT2D eigenvalue weighted by Crippen LogP contribution is -2.50. The van der Waals surface area contributed by atoms with Gasteiger partial charge in [0, 0.05) is 18.2 Å². The van der Waals surface area contributed by atoms with E-state index in [1.54, 1.807) is 26.0 Å². The first-order chi connectivity index (χ1) is 15.3. The Morgan fingerprint density at radius 2 is 2.03 bits per heavy atom. The van der Waals surface area contributed by atoms with E-state index in [9.17, 15) is 5.11 Å². The largest absolute Gasteiger partial charge is 0.496 e. The molecule has 1 aromatic carbocycles. The number of fused-ring (bicyclic) bond motifs is 1. The Kier molecular flexibility index (Phi) is 6.54. The molecule has 0 spiro atoms. The van der Waals surface area contributed by atoms with Crippen LogP contribution in [0.15, 0.2) is 35.4 Å². The molecule has 0 amide bonds. The smallest absolute Gasteiger partial charge is 0.128 e. The molecule has 3 aromatic rings. The van der Waals surface area contributed by atoms with Crippen molar-refractivity contribution >= 4 is 17.3 Å². The lowest BCUT2D eigenvalue weighted by Gasteiger charge is -2.34. The molecule has 1 aliphatic rings. The molecule has 0 radical (unpaired) electrons. The summed E-state index contributed by atoms with van der Waals surface area (Å²) in [6.07, 6.45) is 4.19. The summed E-state index contributed by atoms with van der Waals surface area (Å²) >= 11 is 1.56. The van der Waals surface area contributed by atoms with Crippen LogP contribution in [-0.2, 0) is 10.3 Å². The maximum atomic E-state index is 11.1. The van der Waals surface area contributed by atoms with Crippen molar-refractivity contribution in [2.45, 2.75) is 49.8 Å². The van der Waals surface area contributed by atoms with Gasteiger partial charge in [-0.2, -0.15) is 5.10 Å². The molecule has 4 rings (SSSR count). The highest BCUT2D eigenvalue weighted by Gasteiger charge is 2.44. The summed E-state index contributed by atoms with van der Waals surface area (Å²) in [7, 11) is 3.29. The predicted molar refractivity (Wildman–Crippen MR) is 130 cm³/mol. The zero-order valence-electron chi connectivity index (χ0n) is 19.5. The fourth-order valence-corrected chi connectivity index (χ4v) is 5.41. The van der Waals surface area contributed by atoms with Crippen LogP contribution in [0.1, 0.15) is 36.0 Å². The van der Waals surface area contributed by atoms with Crippen molar-refractivity contribution in [1.82, 2.24) is 9.61 Å². The number of hydrogen-bond donors (Lipinski definition) is 2. The summed E-state index contributed by atoms with van der Waals surface area (Å²) in [6, 6.07) is 10.3. The van der Waals surface area contributed by atoms with Crippen LogP contribution in [0, 0.1) is 19.8 Å². The van der Waals surface area contributed by atoms with Crippen molar-refractivity contribution in [3.8, 4) is 17.0 Å². The Morgan fingerprint density at radius 3 is 2.66 bits per heavy atom. The van der Waals surface area contributed by atoms with E-state index in [4.69, 9.17) is 20.3 Å². The van der Waals surface area contributed by atoms with E-state index in [0.717, 1.165) is 57.1 Å². The number of benzene rings is 1. The average Bonchev–Trinajstić information content (AvgIpc) is 3.48. The van der Waals surface area contributed by atoms with Crippen LogP contribution in [-0.4, -0.2) is 47.9 Å². The van der Waals surface area contributed by atoms with Gasteiger partial charge in [-0.25, -0.2) is 4.52 Å². The third-order valence-electron chi connectivity index (χ3n) is 6.45. The summed E-state index contributed by atoms with van der Waals surface area (Å²) in [5.41, 5.74) is 12.1. The number of hydrogen-bond acceptors (Lipinski definition) is 6. The van der Waals surface area contributed by atoms with Crippen molar-refractivity contribution in [3.05, 3.63) is 47.0 Å². The number of ether oxygens (including phenoxy) is 2. The van der Waals surface area contributed by atoms with Crippen molar-refractivity contribution in [2.24, 2.45) is 11.7 Å². The molecule has 0 saturated heterocycles. The van der Waals surface area contributed by atoms with Gasteiger partial charge in [0.15, 0.2) is 0 Å². The molecule has 2 heterocycles. The van der Waals surface area contributed by atoms with Gasteiger partial charge < -0.3 is 20.3 Å². The molecular formula is C25H33N3O3S. The number of aryl methyl sites for hydroxylation is 2. The molecule has 32 heavy (non-hydrogen) atoms. The first-order valence-corrected chi connectivity index (χ1v) is 12.2. The molecule has 3 N–H and O–H groups in total. The number of thioether (sulfide) groups is 1. The number of aromatic nitrogens is 2. The van der Waals surface area contributed by atoms with E-state index in [2.05, 4.69) is 26.0 Å². The van der Waals surface area contributed by atoms with Crippen molar-refractivity contribution < 1.29 is 14.6 Å². The van der Waals surface area contributed by atoms with Gasteiger partial charge in [-0.05, 0) is 61.8 Å². The van der Waals surface area contributed by atoms with Crippen LogP contribution in [0.25, 0.3) is 16.8 Å². The third kappa shape index (κ3) is 4.03. The standard InChI is InChI=1S/C25H33N3O3S/c1-15-11-16(2)22(20(12-15)31-4)18-7-6-8-19-23(24(32-5)27-28(18)19)25(26,13-17-9-10-17)21(29)14-30-3/h6-8,11-12,17,21,29H,9-10,13-14,26H2,1-5H3/t21-,25?/m1/s1. The number of nitrogens with zero attached hydrogens (tertiary/aromatic N) is 2. The second kappa shape index (κ2) is 9.06. The fraction of sp³-hybridized carbons (Fsp3) is 0.480. The number of pyridine rings is 1. The highest BCUT2D eigenvalue weighted by Crippen LogP contribution is 2.45. The quantitative estimate of drug-likeness (QED) is 0.468. The highest BCUT2D eigenvalue weighted by atomic mass is 32.2. The molecular weight excluding hydrogens is 422 g/mol. The number of aliphatic hydroxyl groups excluding tert-OH is 1. The molecule has 1 fully saturated rings. The Bertz CT molecular complexity index is 1130. The first-order valence-electron chi connectivity index (χ1n) is 11.0. The first kappa shape index (κ1) is 23.1. The second-order valence-corrected chi connectivity index (χ2v) is 9.71. The van der Waals surface area contributed by atoms with Gasteiger partial charge in [0.05, 0.1) is 36.6 Å². The monoisotopic (exact) mass is 455 g/mol. The third-order valence-corrected chi connectivity index (χ3v) is 7.12. The molecule has 0 bridgehead atoms. The Balaban J connectivity index is 1.97. The van der Waals surface area contributed by atoms with E-state index in [-0.39, 0.29) is 6.61 Å². The molecule has 1 saturated carbocycles. The van der Waals surface area contributed by atoms with Crippen molar-refractivity contribution in [2.75, 3.05) is 27.1 Å². The zero-order chi connectivity index (χ0) is 23.0. The van der Waals surface area contributed by atoms with Gasteiger partial charge in [0.2, 0.25) is 0 Å². The van der Waals surface area contributed by atoms with Crippen LogP contribution < -0.4 is 10.5 Å². The van der Waals surface area contributed by atoms with E-state index >= 15 is 0 Å². The summed E-state index contributed by atoms with van der Waals surface area (Å²) in [5, 5.41) is 16.9. The molecule has 7 heteroatoms. The maximum absolute atomic E-state index is 11.1. The molecule has 1 unspecified atom stereocenters. The predicted octanol–water partition coefficient (Wildman–Crippen LogP) is 4.31. The lowest BCUT2D eigenvalue weighted by atomic mass is 9.81. The van der Waals surface area contributed by atoms with Crippen LogP contribution in [0.5, 0.6) is 5.75 Å². The lowest BCUT2D eigenvalue weighted by molar-refractivity contribution is 0.00372. The van der Waals surface area contributed by atoms with E-state index in [1.807, 2.05) is 29.0 Å². The molecule has 0 aliphatic heterocycles. The Labute approximate surface area is 194 Å². The summed E-state index contributed by atoms with van der Waals surface area (Å²) in [5.74, 6) is 1.34. The minimum Gasteiger partial charge on any atom is -0.496 e. The summed E-state index contributed by atoms with van der Waals surface area (Å²) in [6.45, 7) is 4.33. The average molecular weight is 456 g/mol. The summed E-state index contributed by atoms with van der Waals surface area (Å²) < 4.78 is 13.0. The van der Waals surface area contributed by atoms with E-state index in [1.165, 1.54) is 0 Å². The SMILES string of the molecule is COC[C@@H](O)C(N)(CC1CC1)c1c(SC)nn2c(-c3c(C)cc(C)cc3OC)cccc12. The Morgan fingerprint density at radius 1 is 1.28 bits per heavy atom. The highest BCUT2D eigenvalue weighted by molar-refractivity contribution is 7.98. The van der Waals surface area contributed by atoms with Crippen LogP contribution in [0.2, 0.25) is 0 Å². The second-order valence-electron chi connectivity index (χ2n) is 8.91. The molecule has 6 nitrogen and oxygen atoms in total. The van der Waals surface area contributed by atoms with Crippen LogP contribution >= 0.6 is 11.8 Å². The minimum atomic E-state index is -0.942. The summed E-state index contributed by atoms with van der Waals surface area (Å²) in [4.78, 5) is 0. The van der Waals surface area contributed by atoms with E-state index < -0.39 is 11.6 Å². The Hall–Kier alpha value is -2.06. The minimum absolute atomic E-state index is 0.180. The van der Waals surface area contributed by atoms with Gasteiger partial charge >= 0.3 is 0 Å². The van der Waals surface area contributed by atoms with Crippen LogP contribution in [0.4, 0.5) is 0 Å². The number of rotatable bonds is 9. The van der Waals surface area contributed by atoms with Gasteiger partial charge in [0.25, 0.3) is 0 Å². The van der Waals surface area contributed by atoms with E-state index in [0.29, 0.717) is 12.3 Å². The van der Waals surface area contributed by atoms with Gasteiger partial charge in [0.1, 0.15) is 10.8 Å². The normalized spacial score (nSPS) is 16.8.